The molecule has 2 aromatic carbocycles. The summed E-state index contributed by atoms with van der Waals surface area (Å²) in [4.78, 5) is 27.6. The van der Waals surface area contributed by atoms with Crippen LogP contribution in [0, 0.1) is 0 Å². The predicted molar refractivity (Wildman–Crippen MR) is 129 cm³/mol. The lowest BCUT2D eigenvalue weighted by Crippen LogP contribution is -2.24. The van der Waals surface area contributed by atoms with Crippen LogP contribution in [0.3, 0.4) is 0 Å². The Morgan fingerprint density at radius 1 is 1.12 bits per heavy atom. The van der Waals surface area contributed by atoms with Crippen molar-refractivity contribution in [3.8, 4) is 17.2 Å². The Labute approximate surface area is 204 Å². The van der Waals surface area contributed by atoms with Crippen molar-refractivity contribution in [3.63, 3.8) is 0 Å². The van der Waals surface area contributed by atoms with Crippen molar-refractivity contribution in [2.24, 2.45) is 0 Å². The lowest BCUT2D eigenvalue weighted by atomic mass is 10.0. The normalized spacial score (nSPS) is 14.2. The number of allylic oxidation sites excluding steroid dienone is 1. The number of nitrogens with zero attached hydrogens (tertiary/aromatic N) is 1. The molecule has 0 bridgehead atoms. The molecule has 2 aliphatic heterocycles. The van der Waals surface area contributed by atoms with Gasteiger partial charge in [0.15, 0.2) is 17.3 Å². The molecule has 0 fully saturated rings. The molecular formula is C25H21BrN2O6. The first-order valence-corrected chi connectivity index (χ1v) is 11.4. The van der Waals surface area contributed by atoms with Gasteiger partial charge in [0.05, 0.1) is 23.5 Å². The van der Waals surface area contributed by atoms with Crippen LogP contribution in [0.5, 0.6) is 17.2 Å². The maximum Gasteiger partial charge on any atom is 0.291 e. The largest absolute Gasteiger partial charge is 0.492 e. The number of nitrogens with one attached hydrogen (secondary N) is 1. The fourth-order valence-corrected chi connectivity index (χ4v) is 4.77. The number of anilines is 1. The minimum absolute atomic E-state index is 0.116. The second-order valence-corrected chi connectivity index (χ2v) is 8.64. The van der Waals surface area contributed by atoms with Crippen LogP contribution < -0.4 is 19.5 Å². The van der Waals surface area contributed by atoms with Gasteiger partial charge >= 0.3 is 0 Å². The standard InChI is InChI=1S/C25H21BrN2O6/c1-28-10-9-16-17(22(31-2)24-23(20(16)26)33-13-34-24)12-18(28)21(29)14-5-7-15(8-6-14)27-25(30)19-4-3-11-32-19/h3-8,11-12H,9-10,13H2,1-2H3,(H,27,30). The van der Waals surface area contributed by atoms with Gasteiger partial charge in [0.2, 0.25) is 18.3 Å². The van der Waals surface area contributed by atoms with Gasteiger partial charge in [-0.25, -0.2) is 0 Å². The van der Waals surface area contributed by atoms with Gasteiger partial charge in [0, 0.05) is 30.4 Å². The first kappa shape index (κ1) is 22.1. The third-order valence-corrected chi connectivity index (χ3v) is 6.67. The summed E-state index contributed by atoms with van der Waals surface area (Å²) in [5.74, 6) is 1.40. The van der Waals surface area contributed by atoms with Crippen LogP contribution in [0.25, 0.3) is 6.08 Å². The van der Waals surface area contributed by atoms with Crippen molar-refractivity contribution in [2.45, 2.75) is 6.42 Å². The number of benzene rings is 2. The van der Waals surface area contributed by atoms with Crippen molar-refractivity contribution in [1.82, 2.24) is 4.90 Å². The summed E-state index contributed by atoms with van der Waals surface area (Å²) in [5, 5.41) is 2.75. The van der Waals surface area contributed by atoms with E-state index in [9.17, 15) is 9.59 Å². The van der Waals surface area contributed by atoms with Gasteiger partial charge in [-0.1, -0.05) is 0 Å². The van der Waals surface area contributed by atoms with Crippen molar-refractivity contribution in [1.29, 1.82) is 0 Å². The van der Waals surface area contributed by atoms with Crippen molar-refractivity contribution >= 4 is 39.4 Å². The molecule has 0 saturated carbocycles. The number of rotatable bonds is 5. The quantitative estimate of drug-likeness (QED) is 0.482. The van der Waals surface area contributed by atoms with Crippen LogP contribution in [0.4, 0.5) is 5.69 Å². The van der Waals surface area contributed by atoms with Gasteiger partial charge in [-0.3, -0.25) is 9.59 Å². The number of hydrogen-bond acceptors (Lipinski definition) is 7. The number of hydrogen-bond donors (Lipinski definition) is 1. The van der Waals surface area contributed by atoms with Crippen LogP contribution in [-0.4, -0.2) is 44.1 Å². The molecule has 34 heavy (non-hydrogen) atoms. The summed E-state index contributed by atoms with van der Waals surface area (Å²) in [7, 11) is 3.46. The zero-order chi connectivity index (χ0) is 23.8. The molecule has 3 aromatic rings. The first-order chi connectivity index (χ1) is 16.5. The number of amides is 1. The molecule has 1 N–H and O–H groups in total. The molecule has 8 nitrogen and oxygen atoms in total. The molecule has 1 aromatic heterocycles. The number of carbonyl (C=O) groups is 2. The minimum Gasteiger partial charge on any atom is -0.492 e. The molecule has 2 aliphatic rings. The van der Waals surface area contributed by atoms with E-state index in [0.717, 1.165) is 15.6 Å². The third kappa shape index (κ3) is 3.81. The lowest BCUT2D eigenvalue weighted by molar-refractivity contribution is 0.0992. The summed E-state index contributed by atoms with van der Waals surface area (Å²) < 4.78 is 22.9. The van der Waals surface area contributed by atoms with Crippen LogP contribution >= 0.6 is 15.9 Å². The smallest absolute Gasteiger partial charge is 0.291 e. The fraction of sp³-hybridized carbons (Fsp3) is 0.200. The number of likely N-dealkylation sites (N-methyl/N-ethyl adjacent to an activating group) is 1. The van der Waals surface area contributed by atoms with Crippen LogP contribution in [0.2, 0.25) is 0 Å². The Bertz CT molecular complexity index is 1300. The van der Waals surface area contributed by atoms with Crippen molar-refractivity contribution in [2.75, 3.05) is 32.8 Å². The van der Waals surface area contributed by atoms with Gasteiger partial charge in [-0.2, -0.15) is 0 Å². The zero-order valence-corrected chi connectivity index (χ0v) is 20.1. The Hall–Kier alpha value is -3.72. The SMILES string of the molecule is COc1c2c(c(Br)c3c1OCO3)CCN(C)C(C(=O)c1ccc(NC(=O)c3ccco3)cc1)=C2. The Balaban J connectivity index is 1.46. The highest BCUT2D eigenvalue weighted by molar-refractivity contribution is 9.10. The van der Waals surface area contributed by atoms with Crippen LogP contribution in [0.15, 0.2) is 57.2 Å². The molecule has 0 radical (unpaired) electrons. The highest BCUT2D eigenvalue weighted by atomic mass is 79.9. The molecule has 1 amide bonds. The molecule has 3 heterocycles. The number of ketones is 1. The van der Waals surface area contributed by atoms with E-state index >= 15 is 0 Å². The molecule has 5 rings (SSSR count). The topological polar surface area (TPSA) is 90.2 Å². The van der Waals surface area contributed by atoms with E-state index in [4.69, 9.17) is 18.6 Å². The monoisotopic (exact) mass is 524 g/mol. The number of fused-ring (bicyclic) bond motifs is 2. The lowest BCUT2D eigenvalue weighted by Gasteiger charge is -2.20. The molecule has 0 aliphatic carbocycles. The third-order valence-electron chi connectivity index (χ3n) is 5.83. The fourth-order valence-electron chi connectivity index (χ4n) is 4.06. The van der Waals surface area contributed by atoms with E-state index in [1.165, 1.54) is 6.26 Å². The van der Waals surface area contributed by atoms with E-state index in [1.807, 2.05) is 18.0 Å². The van der Waals surface area contributed by atoms with Gasteiger partial charge in [0.1, 0.15) is 0 Å². The van der Waals surface area contributed by atoms with E-state index in [0.29, 0.717) is 47.2 Å². The number of ether oxygens (including phenoxy) is 3. The molecule has 174 valence electrons. The summed E-state index contributed by atoms with van der Waals surface area (Å²) in [5.41, 5.74) is 3.36. The van der Waals surface area contributed by atoms with E-state index < -0.39 is 0 Å². The van der Waals surface area contributed by atoms with Gasteiger partial charge in [-0.15, -0.1) is 0 Å². The number of furan rings is 1. The highest BCUT2D eigenvalue weighted by Crippen LogP contribution is 2.51. The Morgan fingerprint density at radius 3 is 2.59 bits per heavy atom. The predicted octanol–water partition coefficient (Wildman–Crippen LogP) is 4.74. The molecular weight excluding hydrogens is 504 g/mol. The Kier molecular flexibility index (Phi) is 5.79. The van der Waals surface area contributed by atoms with E-state index in [-0.39, 0.29) is 24.2 Å². The Morgan fingerprint density at radius 2 is 1.88 bits per heavy atom. The number of Topliss-reactive ketones (excluding diaryl/α,β-unsaturated/α-hetero) is 1. The molecule has 0 unspecified atom stereocenters. The van der Waals surface area contributed by atoms with E-state index in [2.05, 4.69) is 21.2 Å². The van der Waals surface area contributed by atoms with Gasteiger partial charge in [-0.05, 0) is 70.4 Å². The molecule has 9 heteroatoms. The summed E-state index contributed by atoms with van der Waals surface area (Å²) in [6.07, 6.45) is 3.96. The average molecular weight is 525 g/mol. The first-order valence-electron chi connectivity index (χ1n) is 10.6. The molecule has 0 saturated heterocycles. The number of methoxy groups -OCH3 is 1. The average Bonchev–Trinajstić information content (AvgIpc) is 3.52. The number of carbonyl (C=O) groups excluding carboxylic acids is 2. The summed E-state index contributed by atoms with van der Waals surface area (Å²) in [6, 6.07) is 9.98. The van der Waals surface area contributed by atoms with Crippen molar-refractivity contribution < 1.29 is 28.2 Å². The second-order valence-electron chi connectivity index (χ2n) is 7.84. The number of halogens is 1. The van der Waals surface area contributed by atoms with Gasteiger partial charge < -0.3 is 28.8 Å². The van der Waals surface area contributed by atoms with Crippen LogP contribution in [0.1, 0.15) is 32.0 Å². The maximum atomic E-state index is 13.5. The van der Waals surface area contributed by atoms with Gasteiger partial charge in [0.25, 0.3) is 5.91 Å². The molecule has 0 atom stereocenters. The maximum absolute atomic E-state index is 13.5. The second kappa shape index (κ2) is 8.90. The highest BCUT2D eigenvalue weighted by Gasteiger charge is 2.31. The minimum atomic E-state index is -0.358. The van der Waals surface area contributed by atoms with Crippen molar-refractivity contribution in [3.05, 3.63) is 75.3 Å². The summed E-state index contributed by atoms with van der Waals surface area (Å²) in [6.45, 7) is 0.745. The van der Waals surface area contributed by atoms with E-state index in [1.54, 1.807) is 43.5 Å². The molecule has 0 spiro atoms. The van der Waals surface area contributed by atoms with Crippen LogP contribution in [-0.2, 0) is 6.42 Å². The zero-order valence-electron chi connectivity index (χ0n) is 18.5. The summed E-state index contributed by atoms with van der Waals surface area (Å²) >= 11 is 3.65.